The molecule has 2 saturated heterocycles. The van der Waals surface area contributed by atoms with E-state index in [1.807, 2.05) is 6.33 Å². The normalized spacial score (nSPS) is 36.4. The molecule has 1 aromatic rings. The summed E-state index contributed by atoms with van der Waals surface area (Å²) in [6.45, 7) is 4.42. The summed E-state index contributed by atoms with van der Waals surface area (Å²) in [5.74, 6) is 2.00. The van der Waals surface area contributed by atoms with Crippen molar-refractivity contribution in [2.24, 2.45) is 5.92 Å². The van der Waals surface area contributed by atoms with Gasteiger partial charge in [-0.1, -0.05) is 0 Å². The molecule has 0 aliphatic carbocycles. The number of hydrogen-bond donors (Lipinski definition) is 1. The fourth-order valence-corrected chi connectivity index (χ4v) is 3.74. The van der Waals surface area contributed by atoms with Crippen LogP contribution in [0.5, 0.6) is 0 Å². The lowest BCUT2D eigenvalue weighted by Crippen LogP contribution is -2.39. The summed E-state index contributed by atoms with van der Waals surface area (Å²) in [4.78, 5) is 2.55. The third-order valence-electron chi connectivity index (χ3n) is 4.64. The maximum absolute atomic E-state index is 4.19. The van der Waals surface area contributed by atoms with Crippen LogP contribution in [-0.2, 0) is 13.1 Å². The van der Waals surface area contributed by atoms with Crippen LogP contribution in [0.25, 0.3) is 0 Å². The minimum Gasteiger partial charge on any atom is -0.315 e. The lowest BCUT2D eigenvalue weighted by molar-refractivity contribution is 0.172. The molecule has 0 saturated carbocycles. The first-order valence-electron chi connectivity index (χ1n) is 6.73. The van der Waals surface area contributed by atoms with Crippen LogP contribution in [0.3, 0.4) is 0 Å². The van der Waals surface area contributed by atoms with Crippen molar-refractivity contribution in [3.8, 4) is 0 Å². The van der Waals surface area contributed by atoms with Crippen molar-refractivity contribution in [2.45, 2.75) is 44.4 Å². The minimum absolute atomic E-state index is 0.791. The molecule has 3 atom stereocenters. The lowest BCUT2D eigenvalue weighted by atomic mass is 9.88. The molecular weight excluding hydrogens is 214 g/mol. The molecule has 4 rings (SSSR count). The first-order valence-corrected chi connectivity index (χ1v) is 6.73. The second-order valence-corrected chi connectivity index (χ2v) is 5.72. The fourth-order valence-electron chi connectivity index (χ4n) is 3.74. The Morgan fingerprint density at radius 2 is 2.35 bits per heavy atom. The summed E-state index contributed by atoms with van der Waals surface area (Å²) in [5, 5.41) is 11.9. The van der Waals surface area contributed by atoms with Gasteiger partial charge in [0.15, 0.2) is 0 Å². The van der Waals surface area contributed by atoms with E-state index in [4.69, 9.17) is 0 Å². The third kappa shape index (κ3) is 1.68. The average molecular weight is 233 g/mol. The highest BCUT2D eigenvalue weighted by Gasteiger charge is 2.39. The molecule has 2 fully saturated rings. The van der Waals surface area contributed by atoms with E-state index in [9.17, 15) is 0 Å². The van der Waals surface area contributed by atoms with Gasteiger partial charge in [-0.15, -0.1) is 10.2 Å². The van der Waals surface area contributed by atoms with Gasteiger partial charge in [0.2, 0.25) is 0 Å². The Labute approximate surface area is 101 Å². The fraction of sp³-hybridized carbons (Fsp3) is 0.833. The molecule has 3 aliphatic heterocycles. The van der Waals surface area contributed by atoms with Gasteiger partial charge in [-0.25, -0.2) is 0 Å². The maximum atomic E-state index is 4.19. The van der Waals surface area contributed by atoms with Crippen LogP contribution in [0.1, 0.15) is 25.1 Å². The van der Waals surface area contributed by atoms with Crippen LogP contribution in [0, 0.1) is 5.92 Å². The molecule has 1 N–H and O–H groups in total. The second-order valence-electron chi connectivity index (χ2n) is 5.72. The van der Waals surface area contributed by atoms with Crippen molar-refractivity contribution in [2.75, 3.05) is 13.1 Å². The van der Waals surface area contributed by atoms with Crippen molar-refractivity contribution in [3.63, 3.8) is 0 Å². The van der Waals surface area contributed by atoms with Crippen LogP contribution >= 0.6 is 0 Å². The van der Waals surface area contributed by atoms with Gasteiger partial charge in [-0.3, -0.25) is 4.90 Å². The number of aromatic nitrogens is 3. The molecule has 0 radical (unpaired) electrons. The molecule has 17 heavy (non-hydrogen) atoms. The van der Waals surface area contributed by atoms with E-state index in [1.165, 1.54) is 25.8 Å². The van der Waals surface area contributed by atoms with Gasteiger partial charge in [0.1, 0.15) is 12.2 Å². The zero-order valence-electron chi connectivity index (χ0n) is 10.0. The highest BCUT2D eigenvalue weighted by molar-refractivity contribution is 4.99. The average Bonchev–Trinajstić information content (AvgIpc) is 3.03. The van der Waals surface area contributed by atoms with Crippen LogP contribution in [-0.4, -0.2) is 44.8 Å². The van der Waals surface area contributed by atoms with Crippen LogP contribution in [0.4, 0.5) is 0 Å². The van der Waals surface area contributed by atoms with Crippen LogP contribution in [0.15, 0.2) is 6.33 Å². The topological polar surface area (TPSA) is 46.0 Å². The Hall–Kier alpha value is -0.940. The molecule has 0 amide bonds. The quantitative estimate of drug-likeness (QED) is 0.794. The second kappa shape index (κ2) is 3.78. The van der Waals surface area contributed by atoms with Crippen molar-refractivity contribution in [1.29, 1.82) is 0 Å². The lowest BCUT2D eigenvalue weighted by Gasteiger charge is -2.31. The Kier molecular flexibility index (Phi) is 2.23. The summed E-state index contributed by atoms with van der Waals surface area (Å²) in [5.41, 5.74) is 0. The molecule has 92 valence electrons. The van der Waals surface area contributed by atoms with Gasteiger partial charge in [0.25, 0.3) is 0 Å². The van der Waals surface area contributed by atoms with E-state index < -0.39 is 0 Å². The summed E-state index contributed by atoms with van der Waals surface area (Å²) in [6.07, 6.45) is 6.02. The van der Waals surface area contributed by atoms with Gasteiger partial charge < -0.3 is 9.88 Å². The zero-order valence-corrected chi connectivity index (χ0v) is 10.0. The smallest absolute Gasteiger partial charge is 0.147 e. The molecule has 1 aromatic heterocycles. The molecule has 3 aliphatic rings. The third-order valence-corrected chi connectivity index (χ3v) is 4.64. The van der Waals surface area contributed by atoms with Gasteiger partial charge in [-0.05, 0) is 25.2 Å². The molecule has 0 spiro atoms. The minimum atomic E-state index is 0.791. The number of hydrogen-bond acceptors (Lipinski definition) is 4. The first-order chi connectivity index (χ1) is 8.38. The van der Waals surface area contributed by atoms with Crippen LogP contribution in [0.2, 0.25) is 0 Å². The number of nitrogens with one attached hydrogen (secondary N) is 1. The van der Waals surface area contributed by atoms with E-state index >= 15 is 0 Å². The Balaban J connectivity index is 1.41. The van der Waals surface area contributed by atoms with Crippen molar-refractivity contribution >= 4 is 0 Å². The Bertz CT molecular complexity index is 415. The van der Waals surface area contributed by atoms with Crippen molar-refractivity contribution in [1.82, 2.24) is 25.0 Å². The molecule has 2 bridgehead atoms. The predicted molar refractivity (Wildman–Crippen MR) is 63.4 cm³/mol. The molecule has 5 heteroatoms. The predicted octanol–water partition coefficient (Wildman–Crippen LogP) is 0.234. The number of rotatable bonds is 2. The van der Waals surface area contributed by atoms with E-state index in [0.29, 0.717) is 0 Å². The summed E-state index contributed by atoms with van der Waals surface area (Å²) in [6, 6.07) is 1.61. The highest BCUT2D eigenvalue weighted by atomic mass is 15.3. The summed E-state index contributed by atoms with van der Waals surface area (Å²) in [7, 11) is 0. The Morgan fingerprint density at radius 3 is 3.18 bits per heavy atom. The van der Waals surface area contributed by atoms with Gasteiger partial charge >= 0.3 is 0 Å². The standard InChI is InChI=1S/C12H19N5/c1-2-11-9(5-10(1)14-11)6-16-3-4-17-8-13-15-12(17)7-16/h8-11,14H,1-7H2. The molecule has 4 heterocycles. The van der Waals surface area contributed by atoms with Crippen LogP contribution < -0.4 is 5.32 Å². The molecular formula is C12H19N5. The monoisotopic (exact) mass is 233 g/mol. The van der Waals surface area contributed by atoms with Crippen molar-refractivity contribution < 1.29 is 0 Å². The maximum Gasteiger partial charge on any atom is 0.147 e. The van der Waals surface area contributed by atoms with E-state index in [-0.39, 0.29) is 0 Å². The molecule has 0 aromatic carbocycles. The number of fused-ring (bicyclic) bond motifs is 3. The Morgan fingerprint density at radius 1 is 1.35 bits per heavy atom. The van der Waals surface area contributed by atoms with E-state index in [0.717, 1.165) is 43.5 Å². The van der Waals surface area contributed by atoms with E-state index in [1.54, 1.807) is 0 Å². The zero-order chi connectivity index (χ0) is 11.2. The van der Waals surface area contributed by atoms with Crippen molar-refractivity contribution in [3.05, 3.63) is 12.2 Å². The number of nitrogens with zero attached hydrogens (tertiary/aromatic N) is 4. The van der Waals surface area contributed by atoms with Gasteiger partial charge in [0.05, 0.1) is 6.54 Å². The molecule has 3 unspecified atom stereocenters. The molecule has 5 nitrogen and oxygen atoms in total. The SMILES string of the molecule is c1nnc2n1CCN(CC1CC3CCC1N3)C2. The van der Waals surface area contributed by atoms with Gasteiger partial charge in [0, 0.05) is 31.7 Å². The van der Waals surface area contributed by atoms with E-state index in [2.05, 4.69) is 25.0 Å². The summed E-state index contributed by atoms with van der Waals surface area (Å²) < 4.78 is 2.18. The summed E-state index contributed by atoms with van der Waals surface area (Å²) >= 11 is 0. The highest BCUT2D eigenvalue weighted by Crippen LogP contribution is 2.34. The largest absolute Gasteiger partial charge is 0.315 e. The van der Waals surface area contributed by atoms with Gasteiger partial charge in [-0.2, -0.15) is 0 Å². The first kappa shape index (κ1) is 10.0.